The van der Waals surface area contributed by atoms with Crippen molar-refractivity contribution in [3.63, 3.8) is 0 Å². The van der Waals surface area contributed by atoms with Gasteiger partial charge in [0.2, 0.25) is 5.91 Å². The predicted molar refractivity (Wildman–Crippen MR) is 102 cm³/mol. The summed E-state index contributed by atoms with van der Waals surface area (Å²) in [4.78, 5) is 18.5. The van der Waals surface area contributed by atoms with Crippen LogP contribution in [0, 0.1) is 17.0 Å². The van der Waals surface area contributed by atoms with Crippen LogP contribution in [-0.2, 0) is 10.3 Å². The number of nitrogens with one attached hydrogen (secondary N) is 1. The van der Waals surface area contributed by atoms with Gasteiger partial charge in [0.05, 0.1) is 5.41 Å². The van der Waals surface area contributed by atoms with Crippen molar-refractivity contribution >= 4 is 23.2 Å². The van der Waals surface area contributed by atoms with Crippen molar-refractivity contribution in [2.45, 2.75) is 26.3 Å². The minimum Gasteiger partial charge on any atom is -0.369 e. The van der Waals surface area contributed by atoms with Gasteiger partial charge in [0.15, 0.2) is 5.96 Å². The molecular formula is C20H22F2N4O. The Bertz CT molecular complexity index is 941. The number of amides is 1. The number of aliphatic imine (C=N–C) groups is 1. The smallest absolute Gasteiger partial charge is 0.237 e. The highest BCUT2D eigenvalue weighted by molar-refractivity contribution is 6.01. The first-order chi connectivity index (χ1) is 12.6. The fourth-order valence-corrected chi connectivity index (χ4v) is 3.28. The SMILES string of the molecule is CN1C(=O)C(C)(C)C(C)(c2cc(Nc3cccc(F)c3)ccc2F)N=C1N. The van der Waals surface area contributed by atoms with Crippen LogP contribution in [0.15, 0.2) is 47.5 Å². The lowest BCUT2D eigenvalue weighted by molar-refractivity contribution is -0.140. The average molecular weight is 372 g/mol. The van der Waals surface area contributed by atoms with Gasteiger partial charge >= 0.3 is 0 Å². The molecule has 142 valence electrons. The molecular weight excluding hydrogens is 350 g/mol. The number of hydrogen-bond acceptors (Lipinski definition) is 4. The number of rotatable bonds is 3. The normalized spacial score (nSPS) is 21.8. The van der Waals surface area contributed by atoms with Crippen LogP contribution in [0.4, 0.5) is 20.2 Å². The molecule has 0 aromatic heterocycles. The molecule has 27 heavy (non-hydrogen) atoms. The summed E-state index contributed by atoms with van der Waals surface area (Å²) in [5.41, 5.74) is 4.99. The van der Waals surface area contributed by atoms with Crippen LogP contribution >= 0.6 is 0 Å². The number of anilines is 2. The van der Waals surface area contributed by atoms with Crippen LogP contribution in [0.2, 0.25) is 0 Å². The van der Waals surface area contributed by atoms with Crippen LogP contribution in [0.1, 0.15) is 26.3 Å². The van der Waals surface area contributed by atoms with E-state index in [9.17, 15) is 13.6 Å². The van der Waals surface area contributed by atoms with E-state index in [1.807, 2.05) is 0 Å². The van der Waals surface area contributed by atoms with Crippen molar-refractivity contribution < 1.29 is 13.6 Å². The molecule has 2 aromatic carbocycles. The summed E-state index contributed by atoms with van der Waals surface area (Å²) >= 11 is 0. The summed E-state index contributed by atoms with van der Waals surface area (Å²) in [6, 6.07) is 10.4. The molecule has 1 aliphatic rings. The number of benzene rings is 2. The van der Waals surface area contributed by atoms with Crippen LogP contribution in [0.5, 0.6) is 0 Å². The third kappa shape index (κ3) is 3.03. The summed E-state index contributed by atoms with van der Waals surface area (Å²) in [5, 5.41) is 3.05. The Morgan fingerprint density at radius 2 is 1.74 bits per heavy atom. The molecule has 2 aromatic rings. The van der Waals surface area contributed by atoms with Gasteiger partial charge in [-0.15, -0.1) is 0 Å². The maximum absolute atomic E-state index is 14.8. The summed E-state index contributed by atoms with van der Waals surface area (Å²) < 4.78 is 28.2. The molecule has 1 heterocycles. The van der Waals surface area contributed by atoms with E-state index in [0.717, 1.165) is 0 Å². The van der Waals surface area contributed by atoms with Gasteiger partial charge < -0.3 is 11.1 Å². The van der Waals surface area contributed by atoms with Crippen LogP contribution in [-0.4, -0.2) is 23.8 Å². The first-order valence-corrected chi connectivity index (χ1v) is 8.52. The zero-order chi connectivity index (χ0) is 20.0. The minimum absolute atomic E-state index is 0.0321. The number of carbonyl (C=O) groups excluding carboxylic acids is 1. The third-order valence-electron chi connectivity index (χ3n) is 5.34. The highest BCUT2D eigenvalue weighted by Crippen LogP contribution is 2.47. The standard InChI is InChI=1S/C20H22F2N4O/c1-19(2)17(27)26(4)18(23)25-20(19,3)15-11-14(8-9-16(15)22)24-13-7-5-6-12(21)10-13/h5-11,24H,1-4H3,(H2,23,25). The molecule has 3 N–H and O–H groups in total. The monoisotopic (exact) mass is 372 g/mol. The molecule has 1 aliphatic heterocycles. The topological polar surface area (TPSA) is 70.7 Å². The molecule has 3 rings (SSSR count). The molecule has 1 atom stereocenters. The molecule has 0 spiro atoms. The maximum Gasteiger partial charge on any atom is 0.237 e. The van der Waals surface area contributed by atoms with Gasteiger partial charge in [-0.25, -0.2) is 13.8 Å². The number of halogens is 2. The second-order valence-corrected chi connectivity index (χ2v) is 7.36. The van der Waals surface area contributed by atoms with Crippen molar-refractivity contribution in [1.82, 2.24) is 4.90 Å². The fraction of sp³-hybridized carbons (Fsp3) is 0.300. The third-order valence-corrected chi connectivity index (χ3v) is 5.34. The number of nitrogens with zero attached hydrogens (tertiary/aromatic N) is 2. The van der Waals surface area contributed by atoms with Gasteiger partial charge in [-0.1, -0.05) is 6.07 Å². The molecule has 0 fully saturated rings. The highest BCUT2D eigenvalue weighted by atomic mass is 19.1. The average Bonchev–Trinajstić information content (AvgIpc) is 2.60. The lowest BCUT2D eigenvalue weighted by atomic mass is 9.67. The molecule has 0 aliphatic carbocycles. The summed E-state index contributed by atoms with van der Waals surface area (Å²) in [6.45, 7) is 5.12. The van der Waals surface area contributed by atoms with Crippen molar-refractivity contribution in [3.8, 4) is 0 Å². The Labute approximate surface area is 156 Å². The van der Waals surface area contributed by atoms with E-state index >= 15 is 0 Å². The first-order valence-electron chi connectivity index (χ1n) is 8.52. The fourth-order valence-electron chi connectivity index (χ4n) is 3.28. The highest BCUT2D eigenvalue weighted by Gasteiger charge is 2.53. The largest absolute Gasteiger partial charge is 0.369 e. The Hall–Kier alpha value is -2.96. The lowest BCUT2D eigenvalue weighted by Gasteiger charge is -2.46. The maximum atomic E-state index is 14.8. The van der Waals surface area contributed by atoms with E-state index in [0.29, 0.717) is 11.4 Å². The van der Waals surface area contributed by atoms with Crippen molar-refractivity contribution in [1.29, 1.82) is 0 Å². The second-order valence-electron chi connectivity index (χ2n) is 7.36. The van der Waals surface area contributed by atoms with Crippen LogP contribution in [0.3, 0.4) is 0 Å². The quantitative estimate of drug-likeness (QED) is 0.862. The minimum atomic E-state index is -1.20. The van der Waals surface area contributed by atoms with Crippen molar-refractivity contribution in [2.24, 2.45) is 16.1 Å². The number of hydrogen-bond donors (Lipinski definition) is 2. The number of nitrogens with two attached hydrogens (primary N) is 1. The van der Waals surface area contributed by atoms with E-state index in [2.05, 4.69) is 10.3 Å². The van der Waals surface area contributed by atoms with Crippen molar-refractivity contribution in [3.05, 3.63) is 59.7 Å². The number of carbonyl (C=O) groups is 1. The second kappa shape index (κ2) is 6.33. The van der Waals surface area contributed by atoms with Gasteiger partial charge in [0.25, 0.3) is 0 Å². The summed E-state index contributed by atoms with van der Waals surface area (Å²) in [6.07, 6.45) is 0. The van der Waals surface area contributed by atoms with Gasteiger partial charge in [-0.05, 0) is 57.2 Å². The number of guanidine groups is 1. The Kier molecular flexibility index (Phi) is 4.41. The van der Waals surface area contributed by atoms with Gasteiger partial charge in [0.1, 0.15) is 17.2 Å². The molecule has 0 radical (unpaired) electrons. The van der Waals surface area contributed by atoms with Gasteiger partial charge in [-0.3, -0.25) is 9.69 Å². The van der Waals surface area contributed by atoms with Gasteiger partial charge in [-0.2, -0.15) is 0 Å². The summed E-state index contributed by atoms with van der Waals surface area (Å²) in [5.74, 6) is -1.09. The van der Waals surface area contributed by atoms with Crippen molar-refractivity contribution in [2.75, 3.05) is 12.4 Å². The Balaban J connectivity index is 2.09. The van der Waals surface area contributed by atoms with E-state index in [4.69, 9.17) is 5.73 Å². The predicted octanol–water partition coefficient (Wildman–Crippen LogP) is 3.74. The first kappa shape index (κ1) is 18.8. The van der Waals surface area contributed by atoms with Gasteiger partial charge in [0, 0.05) is 24.0 Å². The van der Waals surface area contributed by atoms with E-state index in [1.165, 1.54) is 23.1 Å². The zero-order valence-corrected chi connectivity index (χ0v) is 15.7. The molecule has 7 heteroatoms. The molecule has 0 bridgehead atoms. The van der Waals surface area contributed by atoms with Crippen LogP contribution in [0.25, 0.3) is 0 Å². The molecule has 1 amide bonds. The van der Waals surface area contributed by atoms with E-state index in [1.54, 1.807) is 52.1 Å². The lowest BCUT2D eigenvalue weighted by Crippen LogP contribution is -2.58. The van der Waals surface area contributed by atoms with E-state index in [-0.39, 0.29) is 23.2 Å². The Morgan fingerprint density at radius 1 is 1.07 bits per heavy atom. The molecule has 5 nitrogen and oxygen atoms in total. The van der Waals surface area contributed by atoms with E-state index < -0.39 is 16.8 Å². The Morgan fingerprint density at radius 3 is 2.41 bits per heavy atom. The summed E-state index contributed by atoms with van der Waals surface area (Å²) in [7, 11) is 1.54. The van der Waals surface area contributed by atoms with Crippen LogP contribution < -0.4 is 11.1 Å². The molecule has 1 unspecified atom stereocenters. The molecule has 0 saturated heterocycles. The zero-order valence-electron chi connectivity index (χ0n) is 15.7. The molecule has 0 saturated carbocycles.